The number of benzene rings is 5. The van der Waals surface area contributed by atoms with Crippen LogP contribution in [0.25, 0.3) is 43.5 Å². The van der Waals surface area contributed by atoms with Crippen molar-refractivity contribution in [2.45, 2.75) is 0 Å². The van der Waals surface area contributed by atoms with Crippen molar-refractivity contribution in [1.29, 1.82) is 5.26 Å². The summed E-state index contributed by atoms with van der Waals surface area (Å²) in [5, 5.41) is 14.2. The number of para-hydroxylation sites is 1. The van der Waals surface area contributed by atoms with E-state index in [1.54, 1.807) is 6.07 Å². The van der Waals surface area contributed by atoms with Gasteiger partial charge in [-0.15, -0.1) is 0 Å². The third-order valence-corrected chi connectivity index (χ3v) is 10.3. The molecule has 0 spiro atoms. The van der Waals surface area contributed by atoms with Gasteiger partial charge in [-0.1, -0.05) is 72.8 Å². The van der Waals surface area contributed by atoms with Gasteiger partial charge in [0.25, 0.3) is 0 Å². The third-order valence-electron chi connectivity index (χ3n) is 7.20. The van der Waals surface area contributed by atoms with Gasteiger partial charge in [-0.2, -0.15) is 5.26 Å². The molecule has 4 nitrogen and oxygen atoms in total. The van der Waals surface area contributed by atoms with E-state index in [4.69, 9.17) is 6.57 Å². The Balaban J connectivity index is 1.63. The van der Waals surface area contributed by atoms with E-state index in [-0.39, 0.29) is 0 Å². The fourth-order valence-corrected chi connectivity index (χ4v) is 8.71. The highest BCUT2D eigenvalue weighted by atomic mass is 31.2. The summed E-state index contributed by atoms with van der Waals surface area (Å²) in [4.78, 5) is 3.60. The van der Waals surface area contributed by atoms with E-state index in [1.807, 2.05) is 84.9 Å². The summed E-state index contributed by atoms with van der Waals surface area (Å²) in [5.41, 5.74) is 5.47. The molecule has 6 aromatic rings. The van der Waals surface area contributed by atoms with E-state index in [0.717, 1.165) is 54.5 Å². The molecule has 0 N–H and O–H groups in total. The lowest BCUT2D eigenvalue weighted by molar-refractivity contribution is 0.593. The van der Waals surface area contributed by atoms with Crippen LogP contribution in [0.2, 0.25) is 0 Å². The van der Waals surface area contributed by atoms with E-state index in [2.05, 4.69) is 33.7 Å². The number of hydrogen-bond donors (Lipinski definition) is 0. The minimum absolute atomic E-state index is 0.417. The summed E-state index contributed by atoms with van der Waals surface area (Å²) in [6.07, 6.45) is 0. The zero-order valence-electron chi connectivity index (χ0n) is 19.6. The Kier molecular flexibility index (Phi) is 4.51. The second-order valence-corrected chi connectivity index (χ2v) is 11.9. The van der Waals surface area contributed by atoms with Gasteiger partial charge < -0.3 is 9.13 Å². The second-order valence-electron chi connectivity index (χ2n) is 9.16. The monoisotopic (exact) mass is 491 g/mol. The first kappa shape index (κ1) is 21.4. The lowest BCUT2D eigenvalue weighted by Gasteiger charge is -2.16. The average molecular weight is 491 g/mol. The minimum Gasteiger partial charge on any atom is -0.310 e. The van der Waals surface area contributed by atoms with Crippen LogP contribution in [0, 0.1) is 17.9 Å². The highest BCUT2D eigenvalue weighted by Crippen LogP contribution is 2.53. The van der Waals surface area contributed by atoms with Gasteiger partial charge in [0.1, 0.15) is 0 Å². The number of rotatable bonds is 2. The second kappa shape index (κ2) is 7.81. The quantitative estimate of drug-likeness (QED) is 0.197. The summed E-state index contributed by atoms with van der Waals surface area (Å²) in [6.45, 7) is 7.55. The summed E-state index contributed by atoms with van der Waals surface area (Å²) in [5.74, 6) is 0. The zero-order valence-corrected chi connectivity index (χ0v) is 20.5. The Labute approximate surface area is 213 Å². The molecule has 0 saturated heterocycles. The molecule has 2 heterocycles. The van der Waals surface area contributed by atoms with Crippen molar-refractivity contribution < 1.29 is 4.57 Å². The summed E-state index contributed by atoms with van der Waals surface area (Å²) >= 11 is 0. The summed E-state index contributed by atoms with van der Waals surface area (Å²) in [7, 11) is -3.06. The Bertz CT molecular complexity index is 2010. The predicted octanol–water partition coefficient (Wildman–Crippen LogP) is 6.83. The molecule has 7 rings (SSSR count). The standard InChI is InChI=1S/C32H18N3OP/c1-34-22-15-21(20-33)16-23(17-22)35-29-13-7-5-11-25(29)27-19-32-28(18-30(27)35)26-12-6-8-14-31(26)37(32,36)24-9-3-2-4-10-24/h2-19H. The largest absolute Gasteiger partial charge is 0.310 e. The third kappa shape index (κ3) is 2.91. The first-order valence-electron chi connectivity index (χ1n) is 11.9. The molecule has 1 unspecified atom stereocenters. The van der Waals surface area contributed by atoms with Gasteiger partial charge in [-0.05, 0) is 47.5 Å². The van der Waals surface area contributed by atoms with E-state index in [9.17, 15) is 5.26 Å². The molecule has 1 aliphatic rings. The Hall–Kier alpha value is -4.89. The van der Waals surface area contributed by atoms with Crippen LogP contribution >= 0.6 is 7.14 Å². The van der Waals surface area contributed by atoms with Crippen LogP contribution in [0.4, 0.5) is 5.69 Å². The van der Waals surface area contributed by atoms with Gasteiger partial charge in [0.15, 0.2) is 12.8 Å². The molecule has 0 fully saturated rings. The van der Waals surface area contributed by atoms with E-state index >= 15 is 4.57 Å². The van der Waals surface area contributed by atoms with Crippen LogP contribution in [0.1, 0.15) is 5.56 Å². The van der Waals surface area contributed by atoms with Crippen LogP contribution < -0.4 is 15.9 Å². The van der Waals surface area contributed by atoms with Gasteiger partial charge in [0, 0.05) is 37.9 Å². The van der Waals surface area contributed by atoms with Crippen LogP contribution in [0.3, 0.4) is 0 Å². The molecule has 0 amide bonds. The van der Waals surface area contributed by atoms with Crippen molar-refractivity contribution in [3.63, 3.8) is 0 Å². The fourth-order valence-electron chi connectivity index (χ4n) is 5.63. The van der Waals surface area contributed by atoms with Crippen molar-refractivity contribution in [3.05, 3.63) is 126 Å². The number of hydrogen-bond acceptors (Lipinski definition) is 2. The lowest BCUT2D eigenvalue weighted by Crippen LogP contribution is -2.20. The van der Waals surface area contributed by atoms with Crippen LogP contribution in [-0.2, 0) is 4.57 Å². The molecule has 5 heteroatoms. The highest BCUT2D eigenvalue weighted by Gasteiger charge is 2.40. The normalized spacial score (nSPS) is 15.7. The molecular formula is C32H18N3OP. The molecule has 1 aliphatic heterocycles. The number of nitriles is 1. The maximum atomic E-state index is 15.0. The van der Waals surface area contributed by atoms with Crippen molar-refractivity contribution in [1.82, 2.24) is 4.57 Å². The van der Waals surface area contributed by atoms with Crippen LogP contribution in [0.5, 0.6) is 0 Å². The van der Waals surface area contributed by atoms with Crippen molar-refractivity contribution >= 4 is 50.5 Å². The fraction of sp³-hybridized carbons (Fsp3) is 0. The number of aromatic nitrogens is 1. The van der Waals surface area contributed by atoms with Crippen molar-refractivity contribution in [3.8, 4) is 22.9 Å². The van der Waals surface area contributed by atoms with E-state index < -0.39 is 7.14 Å². The molecule has 0 aliphatic carbocycles. The molecule has 0 saturated carbocycles. The summed E-state index contributed by atoms with van der Waals surface area (Å²) in [6, 6.07) is 37.5. The average Bonchev–Trinajstić information content (AvgIpc) is 3.42. The first-order valence-corrected chi connectivity index (χ1v) is 13.6. The SMILES string of the molecule is [C-]#[N+]c1cc(C#N)cc(-n2c3ccccc3c3cc4c(cc32)-c2ccccc2P4(=O)c2ccccc2)c1. The van der Waals surface area contributed by atoms with Crippen molar-refractivity contribution in [2.24, 2.45) is 0 Å². The highest BCUT2D eigenvalue weighted by molar-refractivity contribution is 7.86. The smallest absolute Gasteiger partial charge is 0.190 e. The molecule has 172 valence electrons. The zero-order chi connectivity index (χ0) is 25.1. The van der Waals surface area contributed by atoms with Crippen LogP contribution in [-0.4, -0.2) is 4.57 Å². The first-order chi connectivity index (χ1) is 18.1. The van der Waals surface area contributed by atoms with Gasteiger partial charge in [0.2, 0.25) is 0 Å². The summed E-state index contributed by atoms with van der Waals surface area (Å²) < 4.78 is 17.1. The minimum atomic E-state index is -3.06. The Morgan fingerprint density at radius 2 is 1.49 bits per heavy atom. The Morgan fingerprint density at radius 1 is 0.730 bits per heavy atom. The van der Waals surface area contributed by atoms with Gasteiger partial charge in [-0.3, -0.25) is 0 Å². The number of fused-ring (bicyclic) bond motifs is 6. The molecular weight excluding hydrogens is 473 g/mol. The molecule has 0 bridgehead atoms. The molecule has 1 atom stereocenters. The van der Waals surface area contributed by atoms with Crippen molar-refractivity contribution in [2.75, 3.05) is 0 Å². The molecule has 1 aromatic heterocycles. The molecule has 0 radical (unpaired) electrons. The number of nitrogens with zero attached hydrogens (tertiary/aromatic N) is 3. The maximum Gasteiger partial charge on any atom is 0.190 e. The molecule has 5 aromatic carbocycles. The van der Waals surface area contributed by atoms with Gasteiger partial charge in [0.05, 0.1) is 23.7 Å². The Morgan fingerprint density at radius 3 is 2.30 bits per heavy atom. The van der Waals surface area contributed by atoms with Crippen LogP contribution in [0.15, 0.2) is 109 Å². The van der Waals surface area contributed by atoms with Gasteiger partial charge in [-0.25, -0.2) is 4.85 Å². The molecule has 37 heavy (non-hydrogen) atoms. The topological polar surface area (TPSA) is 50.1 Å². The lowest BCUT2D eigenvalue weighted by atomic mass is 10.0. The van der Waals surface area contributed by atoms with E-state index in [1.165, 1.54) is 0 Å². The maximum absolute atomic E-state index is 15.0. The predicted molar refractivity (Wildman–Crippen MR) is 150 cm³/mol. The van der Waals surface area contributed by atoms with Gasteiger partial charge >= 0.3 is 0 Å². The van der Waals surface area contributed by atoms with E-state index in [0.29, 0.717) is 11.3 Å².